The van der Waals surface area contributed by atoms with Crippen molar-refractivity contribution >= 4 is 0 Å². The second kappa shape index (κ2) is 4.39. The van der Waals surface area contributed by atoms with Gasteiger partial charge >= 0.3 is 0 Å². The Balaban J connectivity index is 2.31. The van der Waals surface area contributed by atoms with Crippen LogP contribution in [0.1, 0.15) is 26.2 Å². The first-order valence-electron chi connectivity index (χ1n) is 4.21. The zero-order valence-corrected chi connectivity index (χ0v) is 7.30. The molecular formula is C9H16O2. The summed E-state index contributed by atoms with van der Waals surface area (Å²) in [6.45, 7) is 2.80. The maximum absolute atomic E-state index is 5.38. The molecule has 0 aromatic rings. The average Bonchev–Trinajstić information content (AvgIpc) is 2.07. The van der Waals surface area contributed by atoms with Crippen molar-refractivity contribution in [2.75, 3.05) is 13.7 Å². The number of hydrogen-bond donors (Lipinski definition) is 0. The minimum Gasteiger partial charge on any atom is -0.499 e. The molecule has 1 aliphatic rings. The van der Waals surface area contributed by atoms with Gasteiger partial charge in [0.15, 0.2) is 0 Å². The van der Waals surface area contributed by atoms with Crippen molar-refractivity contribution in [1.29, 1.82) is 0 Å². The maximum atomic E-state index is 5.38. The van der Waals surface area contributed by atoms with Crippen LogP contribution in [0.4, 0.5) is 0 Å². The molecule has 0 aromatic heterocycles. The average molecular weight is 156 g/mol. The van der Waals surface area contributed by atoms with Crippen LogP contribution in [-0.2, 0) is 9.47 Å². The third-order valence-electron chi connectivity index (χ3n) is 1.98. The number of hydrogen-bond acceptors (Lipinski definition) is 2. The lowest BCUT2D eigenvalue weighted by atomic mass is 10.0. The molecule has 0 N–H and O–H groups in total. The molecule has 64 valence electrons. The Labute approximate surface area is 68.2 Å². The normalized spacial score (nSPS) is 24.5. The highest BCUT2D eigenvalue weighted by atomic mass is 16.5. The Hall–Kier alpha value is -0.500. The summed E-state index contributed by atoms with van der Waals surface area (Å²) in [6, 6.07) is 0. The molecule has 1 atom stereocenters. The van der Waals surface area contributed by atoms with Crippen LogP contribution in [-0.4, -0.2) is 19.8 Å². The van der Waals surface area contributed by atoms with Crippen LogP contribution in [0.15, 0.2) is 11.8 Å². The fourth-order valence-electron chi connectivity index (χ4n) is 1.32. The molecule has 11 heavy (non-hydrogen) atoms. The largest absolute Gasteiger partial charge is 0.499 e. The molecule has 0 saturated carbocycles. The molecule has 0 fully saturated rings. The Morgan fingerprint density at radius 2 is 2.45 bits per heavy atom. The molecule has 0 saturated heterocycles. The lowest BCUT2D eigenvalue weighted by molar-refractivity contribution is 0.0823. The van der Waals surface area contributed by atoms with Crippen molar-refractivity contribution in [2.24, 2.45) is 0 Å². The van der Waals surface area contributed by atoms with Gasteiger partial charge in [0, 0.05) is 13.5 Å². The minimum absolute atomic E-state index is 0.416. The monoisotopic (exact) mass is 156 g/mol. The molecule has 0 aromatic carbocycles. The molecule has 0 heterocycles. The Bertz CT molecular complexity index is 140. The Morgan fingerprint density at radius 1 is 1.64 bits per heavy atom. The smallest absolute Gasteiger partial charge is 0.0921 e. The first-order chi connectivity index (χ1) is 5.36. The predicted octanol–water partition coefficient (Wildman–Crippen LogP) is 2.11. The standard InChI is InChI=1S/C9H16O2/c1-3-11-9-6-4-8(10-2)5-7-9/h6,8H,3-5,7H2,1-2H3. The van der Waals surface area contributed by atoms with E-state index in [1.54, 1.807) is 7.11 Å². The molecule has 0 amide bonds. The summed E-state index contributed by atoms with van der Waals surface area (Å²) in [6.07, 6.45) is 5.70. The van der Waals surface area contributed by atoms with Crippen LogP contribution >= 0.6 is 0 Å². The van der Waals surface area contributed by atoms with E-state index in [1.165, 1.54) is 0 Å². The summed E-state index contributed by atoms with van der Waals surface area (Å²) in [4.78, 5) is 0. The lowest BCUT2D eigenvalue weighted by Crippen LogP contribution is -2.14. The van der Waals surface area contributed by atoms with Crippen LogP contribution in [0.2, 0.25) is 0 Å². The van der Waals surface area contributed by atoms with Gasteiger partial charge in [-0.05, 0) is 25.8 Å². The van der Waals surface area contributed by atoms with E-state index in [9.17, 15) is 0 Å². The van der Waals surface area contributed by atoms with Crippen LogP contribution in [0, 0.1) is 0 Å². The van der Waals surface area contributed by atoms with Gasteiger partial charge in [0.25, 0.3) is 0 Å². The van der Waals surface area contributed by atoms with Gasteiger partial charge < -0.3 is 9.47 Å². The van der Waals surface area contributed by atoms with Crippen molar-refractivity contribution in [3.63, 3.8) is 0 Å². The molecule has 1 rings (SSSR count). The van der Waals surface area contributed by atoms with E-state index < -0.39 is 0 Å². The van der Waals surface area contributed by atoms with Crippen molar-refractivity contribution in [3.05, 3.63) is 11.8 Å². The predicted molar refractivity (Wildman–Crippen MR) is 44.4 cm³/mol. The van der Waals surface area contributed by atoms with E-state index >= 15 is 0 Å². The third kappa shape index (κ3) is 2.54. The van der Waals surface area contributed by atoms with Gasteiger partial charge in [-0.1, -0.05) is 0 Å². The van der Waals surface area contributed by atoms with E-state index in [2.05, 4.69) is 6.08 Å². The van der Waals surface area contributed by atoms with Gasteiger partial charge in [-0.3, -0.25) is 0 Å². The summed E-state index contributed by atoms with van der Waals surface area (Å²) in [5, 5.41) is 0. The van der Waals surface area contributed by atoms with Gasteiger partial charge in [-0.2, -0.15) is 0 Å². The molecule has 0 spiro atoms. The van der Waals surface area contributed by atoms with Crippen LogP contribution in [0.25, 0.3) is 0 Å². The van der Waals surface area contributed by atoms with E-state index in [0.29, 0.717) is 6.10 Å². The number of methoxy groups -OCH3 is 1. The van der Waals surface area contributed by atoms with Crippen LogP contribution in [0.5, 0.6) is 0 Å². The lowest BCUT2D eigenvalue weighted by Gasteiger charge is -2.20. The molecule has 0 bridgehead atoms. The highest BCUT2D eigenvalue weighted by Gasteiger charge is 2.13. The quantitative estimate of drug-likeness (QED) is 0.623. The molecule has 2 nitrogen and oxygen atoms in total. The summed E-state index contributed by atoms with van der Waals surface area (Å²) in [7, 11) is 1.77. The van der Waals surface area contributed by atoms with E-state index in [1.807, 2.05) is 6.92 Å². The Kier molecular flexibility index (Phi) is 3.43. The van der Waals surface area contributed by atoms with Crippen LogP contribution in [0.3, 0.4) is 0 Å². The van der Waals surface area contributed by atoms with E-state index in [0.717, 1.165) is 31.6 Å². The number of rotatable bonds is 3. The van der Waals surface area contributed by atoms with Gasteiger partial charge in [-0.25, -0.2) is 0 Å². The summed E-state index contributed by atoms with van der Waals surface area (Å²) in [5.74, 6) is 1.14. The molecule has 1 aliphatic carbocycles. The van der Waals surface area contributed by atoms with Crippen molar-refractivity contribution in [2.45, 2.75) is 32.3 Å². The highest BCUT2D eigenvalue weighted by Crippen LogP contribution is 2.20. The van der Waals surface area contributed by atoms with Gasteiger partial charge in [0.2, 0.25) is 0 Å². The Morgan fingerprint density at radius 3 is 2.91 bits per heavy atom. The second-order valence-electron chi connectivity index (χ2n) is 2.74. The fraction of sp³-hybridized carbons (Fsp3) is 0.778. The highest BCUT2D eigenvalue weighted by molar-refractivity contribution is 4.99. The molecular weight excluding hydrogens is 140 g/mol. The molecule has 1 unspecified atom stereocenters. The minimum atomic E-state index is 0.416. The first kappa shape index (κ1) is 8.60. The van der Waals surface area contributed by atoms with E-state index in [-0.39, 0.29) is 0 Å². The van der Waals surface area contributed by atoms with E-state index in [4.69, 9.17) is 9.47 Å². The number of ether oxygens (including phenoxy) is 2. The van der Waals surface area contributed by atoms with Gasteiger partial charge in [0.05, 0.1) is 18.5 Å². The molecule has 2 heteroatoms. The topological polar surface area (TPSA) is 18.5 Å². The SMILES string of the molecule is CCOC1=CCC(OC)CC1. The molecule has 0 aliphatic heterocycles. The van der Waals surface area contributed by atoms with Crippen molar-refractivity contribution in [1.82, 2.24) is 0 Å². The maximum Gasteiger partial charge on any atom is 0.0921 e. The second-order valence-corrected chi connectivity index (χ2v) is 2.74. The molecule has 0 radical (unpaired) electrons. The van der Waals surface area contributed by atoms with Crippen LogP contribution < -0.4 is 0 Å². The third-order valence-corrected chi connectivity index (χ3v) is 1.98. The first-order valence-corrected chi connectivity index (χ1v) is 4.21. The summed E-state index contributed by atoms with van der Waals surface area (Å²) in [5.41, 5.74) is 0. The zero-order chi connectivity index (χ0) is 8.10. The van der Waals surface area contributed by atoms with Crippen molar-refractivity contribution < 1.29 is 9.47 Å². The van der Waals surface area contributed by atoms with Crippen molar-refractivity contribution in [3.8, 4) is 0 Å². The van der Waals surface area contributed by atoms with Gasteiger partial charge in [0.1, 0.15) is 0 Å². The zero-order valence-electron chi connectivity index (χ0n) is 7.30. The number of allylic oxidation sites excluding steroid dienone is 1. The summed E-state index contributed by atoms with van der Waals surface area (Å²) >= 11 is 0. The summed E-state index contributed by atoms with van der Waals surface area (Å²) < 4.78 is 10.6. The van der Waals surface area contributed by atoms with Gasteiger partial charge in [-0.15, -0.1) is 0 Å². The fourth-order valence-corrected chi connectivity index (χ4v) is 1.32.